The number of methoxy groups -OCH3 is 2. The van der Waals surface area contributed by atoms with E-state index < -0.39 is 15.9 Å². The van der Waals surface area contributed by atoms with Gasteiger partial charge < -0.3 is 14.8 Å². The lowest BCUT2D eigenvalue weighted by atomic mass is 10.1. The fourth-order valence-electron chi connectivity index (χ4n) is 2.02. The lowest BCUT2D eigenvalue weighted by molar-refractivity contribution is -0.116. The second-order valence-corrected chi connectivity index (χ2v) is 7.88. The van der Waals surface area contributed by atoms with Crippen LogP contribution in [-0.2, 0) is 14.8 Å². The van der Waals surface area contributed by atoms with Gasteiger partial charge in [0.2, 0.25) is 15.9 Å². The van der Waals surface area contributed by atoms with Gasteiger partial charge in [0.15, 0.2) is 0 Å². The molecule has 0 unspecified atom stereocenters. The van der Waals surface area contributed by atoms with E-state index >= 15 is 0 Å². The predicted molar refractivity (Wildman–Crippen MR) is 94.0 cm³/mol. The molecule has 0 aromatic heterocycles. The zero-order chi connectivity index (χ0) is 18.3. The van der Waals surface area contributed by atoms with Gasteiger partial charge in [0, 0.05) is 12.6 Å². The smallest absolute Gasteiger partial charge is 0.239 e. The monoisotopic (exact) mass is 358 g/mol. The molecule has 0 atom stereocenters. The zero-order valence-electron chi connectivity index (χ0n) is 14.8. The van der Waals surface area contributed by atoms with Crippen LogP contribution in [0.15, 0.2) is 18.2 Å². The first-order chi connectivity index (χ1) is 11.2. The van der Waals surface area contributed by atoms with Crippen LogP contribution < -0.4 is 14.8 Å². The molecule has 1 N–H and O–H groups in total. The number of anilines is 1. The van der Waals surface area contributed by atoms with E-state index in [9.17, 15) is 13.2 Å². The quantitative estimate of drug-likeness (QED) is 0.729. The van der Waals surface area contributed by atoms with Crippen molar-refractivity contribution < 1.29 is 22.7 Å². The first-order valence-electron chi connectivity index (χ1n) is 7.64. The number of amides is 1. The van der Waals surface area contributed by atoms with Crippen LogP contribution >= 0.6 is 0 Å². The minimum absolute atomic E-state index is 0.235. The third kappa shape index (κ3) is 6.37. The Morgan fingerprint density at radius 3 is 2.42 bits per heavy atom. The highest BCUT2D eigenvalue weighted by molar-refractivity contribution is 7.88. The molecule has 0 saturated heterocycles. The van der Waals surface area contributed by atoms with Crippen molar-refractivity contribution in [2.45, 2.75) is 20.3 Å². The molecule has 8 heteroatoms. The van der Waals surface area contributed by atoms with Gasteiger partial charge >= 0.3 is 0 Å². The summed E-state index contributed by atoms with van der Waals surface area (Å²) in [6, 6.07) is 4.97. The van der Waals surface area contributed by atoms with Crippen molar-refractivity contribution in [3.63, 3.8) is 0 Å². The van der Waals surface area contributed by atoms with E-state index in [0.717, 1.165) is 6.26 Å². The Balaban J connectivity index is 2.82. The Hall–Kier alpha value is -1.80. The van der Waals surface area contributed by atoms with E-state index in [1.165, 1.54) is 18.5 Å². The maximum atomic E-state index is 12.2. The van der Waals surface area contributed by atoms with Gasteiger partial charge in [-0.3, -0.25) is 4.79 Å². The van der Waals surface area contributed by atoms with E-state index in [2.05, 4.69) is 5.32 Å². The molecule has 1 amide bonds. The van der Waals surface area contributed by atoms with E-state index in [1.54, 1.807) is 18.2 Å². The predicted octanol–water partition coefficient (Wildman–Crippen LogP) is 1.95. The molecule has 1 aromatic carbocycles. The van der Waals surface area contributed by atoms with E-state index in [0.29, 0.717) is 36.1 Å². The zero-order valence-corrected chi connectivity index (χ0v) is 15.6. The Labute approximate surface area is 144 Å². The minimum Gasteiger partial charge on any atom is -0.497 e. The van der Waals surface area contributed by atoms with E-state index in [-0.39, 0.29) is 6.54 Å². The number of hydrogen-bond acceptors (Lipinski definition) is 5. The molecule has 0 aliphatic rings. The van der Waals surface area contributed by atoms with Gasteiger partial charge in [-0.15, -0.1) is 0 Å². The summed E-state index contributed by atoms with van der Waals surface area (Å²) in [7, 11) is -0.438. The third-order valence-electron chi connectivity index (χ3n) is 3.43. The number of benzene rings is 1. The molecule has 0 radical (unpaired) electrons. The van der Waals surface area contributed by atoms with Gasteiger partial charge in [0.05, 0.1) is 32.7 Å². The summed E-state index contributed by atoms with van der Waals surface area (Å²) in [5, 5.41) is 2.68. The maximum Gasteiger partial charge on any atom is 0.239 e. The van der Waals surface area contributed by atoms with Crippen molar-refractivity contribution in [2.24, 2.45) is 5.92 Å². The third-order valence-corrected chi connectivity index (χ3v) is 4.68. The second kappa shape index (κ2) is 8.89. The summed E-state index contributed by atoms with van der Waals surface area (Å²) < 4.78 is 35.2. The van der Waals surface area contributed by atoms with Gasteiger partial charge in [-0.2, -0.15) is 4.31 Å². The van der Waals surface area contributed by atoms with Crippen LogP contribution in [0.5, 0.6) is 11.5 Å². The van der Waals surface area contributed by atoms with E-state index in [1.807, 2.05) is 13.8 Å². The standard InChI is InChI=1S/C16H26N2O5S/c1-12(2)8-9-18(24(5,20)21)11-16(19)17-14-7-6-13(22-3)10-15(14)23-4/h6-7,10,12H,8-9,11H2,1-5H3,(H,17,19). The first kappa shape index (κ1) is 20.2. The van der Waals surface area contributed by atoms with Crippen molar-refractivity contribution >= 4 is 21.6 Å². The van der Waals surface area contributed by atoms with Crippen LogP contribution in [0.2, 0.25) is 0 Å². The molecule has 0 aliphatic carbocycles. The van der Waals surface area contributed by atoms with Crippen LogP contribution in [0.3, 0.4) is 0 Å². The first-order valence-corrected chi connectivity index (χ1v) is 9.49. The number of carbonyl (C=O) groups excluding carboxylic acids is 1. The molecule has 24 heavy (non-hydrogen) atoms. The Morgan fingerprint density at radius 1 is 1.25 bits per heavy atom. The van der Waals surface area contributed by atoms with Gasteiger partial charge in [0.1, 0.15) is 11.5 Å². The number of ether oxygens (including phenoxy) is 2. The van der Waals surface area contributed by atoms with Crippen molar-refractivity contribution in [3.05, 3.63) is 18.2 Å². The summed E-state index contributed by atoms with van der Waals surface area (Å²) in [5.41, 5.74) is 0.459. The maximum absolute atomic E-state index is 12.2. The van der Waals surface area contributed by atoms with Crippen LogP contribution in [0, 0.1) is 5.92 Å². The molecular weight excluding hydrogens is 332 g/mol. The highest BCUT2D eigenvalue weighted by atomic mass is 32.2. The molecule has 0 spiro atoms. The number of nitrogens with zero attached hydrogens (tertiary/aromatic N) is 1. The van der Waals surface area contributed by atoms with Crippen molar-refractivity contribution in [2.75, 3.05) is 38.9 Å². The highest BCUT2D eigenvalue weighted by Gasteiger charge is 2.21. The average Bonchev–Trinajstić information content (AvgIpc) is 2.50. The van der Waals surface area contributed by atoms with Gasteiger partial charge in [-0.1, -0.05) is 13.8 Å². The summed E-state index contributed by atoms with van der Waals surface area (Å²) in [5.74, 6) is 0.960. The van der Waals surface area contributed by atoms with Crippen molar-refractivity contribution in [3.8, 4) is 11.5 Å². The van der Waals surface area contributed by atoms with Crippen LogP contribution in [0.25, 0.3) is 0 Å². The summed E-state index contributed by atoms with van der Waals surface area (Å²) in [4.78, 5) is 12.2. The molecule has 136 valence electrons. The lowest BCUT2D eigenvalue weighted by Gasteiger charge is -2.20. The Kier molecular flexibility index (Phi) is 7.50. The number of nitrogens with one attached hydrogen (secondary N) is 1. The van der Waals surface area contributed by atoms with Gasteiger partial charge in [-0.05, 0) is 24.5 Å². The molecule has 1 aromatic rings. The SMILES string of the molecule is COc1ccc(NC(=O)CN(CCC(C)C)S(C)(=O)=O)c(OC)c1. The summed E-state index contributed by atoms with van der Waals surface area (Å²) in [6.45, 7) is 4.08. The van der Waals surface area contributed by atoms with Crippen LogP contribution in [0.1, 0.15) is 20.3 Å². The van der Waals surface area contributed by atoms with E-state index in [4.69, 9.17) is 9.47 Å². The largest absolute Gasteiger partial charge is 0.497 e. The topological polar surface area (TPSA) is 84.9 Å². The van der Waals surface area contributed by atoms with Gasteiger partial charge in [-0.25, -0.2) is 8.42 Å². The van der Waals surface area contributed by atoms with Gasteiger partial charge in [0.25, 0.3) is 0 Å². The molecule has 0 bridgehead atoms. The summed E-state index contributed by atoms with van der Waals surface area (Å²) >= 11 is 0. The molecule has 7 nitrogen and oxygen atoms in total. The molecule has 0 aliphatic heterocycles. The van der Waals surface area contributed by atoms with Crippen LogP contribution in [-0.4, -0.2) is 52.2 Å². The van der Waals surface area contributed by atoms with Crippen molar-refractivity contribution in [1.82, 2.24) is 4.31 Å². The Bertz CT molecular complexity index is 658. The fraction of sp³-hybridized carbons (Fsp3) is 0.562. The lowest BCUT2D eigenvalue weighted by Crippen LogP contribution is -2.38. The summed E-state index contributed by atoms with van der Waals surface area (Å²) in [6.07, 6.45) is 1.79. The molecule has 0 fully saturated rings. The number of sulfonamides is 1. The Morgan fingerprint density at radius 2 is 1.92 bits per heavy atom. The number of carbonyl (C=O) groups is 1. The molecule has 1 rings (SSSR count). The van der Waals surface area contributed by atoms with Crippen molar-refractivity contribution in [1.29, 1.82) is 0 Å². The molecular formula is C16H26N2O5S. The normalized spacial score (nSPS) is 11.6. The highest BCUT2D eigenvalue weighted by Crippen LogP contribution is 2.28. The second-order valence-electron chi connectivity index (χ2n) is 5.89. The average molecular weight is 358 g/mol. The molecule has 0 heterocycles. The fourth-order valence-corrected chi connectivity index (χ4v) is 2.80. The minimum atomic E-state index is -3.45. The van der Waals surface area contributed by atoms with Crippen LogP contribution in [0.4, 0.5) is 5.69 Å². The molecule has 0 saturated carbocycles. The number of hydrogen-bond donors (Lipinski definition) is 1. The number of rotatable bonds is 9.